The molecule has 2 aromatic rings. The van der Waals surface area contributed by atoms with E-state index < -0.39 is 71.8 Å². The molecule has 0 bridgehead atoms. The van der Waals surface area contributed by atoms with Gasteiger partial charge >= 0.3 is 5.97 Å². The Morgan fingerprint density at radius 3 is 1.36 bits per heavy atom. The number of carbonyl (C=O) groups is 6. The molecule has 22 N–H and O–H groups in total. The molecule has 25 heteroatoms. The summed E-state index contributed by atoms with van der Waals surface area (Å²) in [4.78, 5) is 94.7. The quantitative estimate of drug-likeness (QED) is 0.0193. The Morgan fingerprint density at radius 2 is 0.951 bits per heavy atom. The zero-order chi connectivity index (χ0) is 45.2. The number of unbranched alkanes of at least 4 members (excludes halogenated alkanes) is 2. The van der Waals surface area contributed by atoms with Crippen molar-refractivity contribution in [3.8, 4) is 0 Å². The third-order valence-electron chi connectivity index (χ3n) is 9.31. The number of rotatable bonds is 31. The minimum Gasteiger partial charge on any atom is -0.480 e. The summed E-state index contributed by atoms with van der Waals surface area (Å²) >= 11 is 0. The Labute approximate surface area is 353 Å². The van der Waals surface area contributed by atoms with Crippen LogP contribution in [0.4, 0.5) is 0 Å². The van der Waals surface area contributed by atoms with Crippen molar-refractivity contribution in [1.29, 1.82) is 10.8 Å². The molecule has 0 aliphatic rings. The smallest absolute Gasteiger partial charge is 0.326 e. The van der Waals surface area contributed by atoms with E-state index in [9.17, 15) is 33.9 Å². The molecule has 0 saturated carbocycles. The van der Waals surface area contributed by atoms with E-state index in [-0.39, 0.29) is 76.5 Å². The van der Waals surface area contributed by atoms with Gasteiger partial charge in [-0.1, -0.05) is 6.42 Å². The van der Waals surface area contributed by atoms with Crippen molar-refractivity contribution >= 4 is 47.4 Å². The Morgan fingerprint density at radius 1 is 0.574 bits per heavy atom. The highest BCUT2D eigenvalue weighted by Crippen LogP contribution is 2.09. The van der Waals surface area contributed by atoms with E-state index in [4.69, 9.17) is 39.5 Å². The van der Waals surface area contributed by atoms with Crippen LogP contribution in [0.3, 0.4) is 0 Å². The molecule has 0 aliphatic heterocycles. The molecule has 0 fully saturated rings. The van der Waals surface area contributed by atoms with Crippen molar-refractivity contribution in [2.24, 2.45) is 28.7 Å². The molecule has 0 aromatic carbocycles. The van der Waals surface area contributed by atoms with Gasteiger partial charge in [0.2, 0.25) is 29.5 Å². The molecule has 2 aromatic heterocycles. The van der Waals surface area contributed by atoms with Crippen LogP contribution >= 0.6 is 0 Å². The second-order valence-corrected chi connectivity index (χ2v) is 14.3. The van der Waals surface area contributed by atoms with Crippen LogP contribution in [0.5, 0.6) is 0 Å². The topological polar surface area (TPSA) is 442 Å². The van der Waals surface area contributed by atoms with Crippen LogP contribution in [-0.4, -0.2) is 135 Å². The molecule has 25 nitrogen and oxygen atoms in total. The first-order valence-corrected chi connectivity index (χ1v) is 20.2. The van der Waals surface area contributed by atoms with E-state index in [1.807, 2.05) is 0 Å². The predicted molar refractivity (Wildman–Crippen MR) is 224 cm³/mol. The lowest BCUT2D eigenvalue weighted by atomic mass is 10.0. The summed E-state index contributed by atoms with van der Waals surface area (Å²) in [6.07, 6.45) is 8.56. The number of carboxylic acid groups (broad SMARTS) is 1. The number of amides is 5. The fourth-order valence-electron chi connectivity index (χ4n) is 6.00. The summed E-state index contributed by atoms with van der Waals surface area (Å²) in [6, 6.07) is -7.39. The van der Waals surface area contributed by atoms with Gasteiger partial charge in [0.15, 0.2) is 11.9 Å². The second-order valence-electron chi connectivity index (χ2n) is 14.3. The zero-order valence-electron chi connectivity index (χ0n) is 34.3. The van der Waals surface area contributed by atoms with Crippen LogP contribution in [0.15, 0.2) is 25.0 Å². The van der Waals surface area contributed by atoms with E-state index in [0.717, 1.165) is 0 Å². The highest BCUT2D eigenvalue weighted by atomic mass is 16.4. The van der Waals surface area contributed by atoms with Crippen molar-refractivity contribution in [2.45, 2.75) is 113 Å². The highest BCUT2D eigenvalue weighted by molar-refractivity contribution is 5.96. The van der Waals surface area contributed by atoms with Gasteiger partial charge in [-0.05, 0) is 70.9 Å². The lowest BCUT2D eigenvalue weighted by molar-refractivity contribution is -0.142. The van der Waals surface area contributed by atoms with Crippen LogP contribution in [0, 0.1) is 10.8 Å². The second kappa shape index (κ2) is 28.2. The number of nitrogens with zero attached hydrogens (tertiary/aromatic N) is 2. The molecule has 6 atom stereocenters. The number of H-pyrrole nitrogens is 2. The maximum Gasteiger partial charge on any atom is 0.326 e. The zero-order valence-corrected chi connectivity index (χ0v) is 34.3. The highest BCUT2D eigenvalue weighted by Gasteiger charge is 2.33. The molecule has 0 aliphatic carbocycles. The van der Waals surface area contributed by atoms with Gasteiger partial charge in [0.05, 0.1) is 30.1 Å². The maximum absolute atomic E-state index is 14.1. The van der Waals surface area contributed by atoms with Gasteiger partial charge in [0.1, 0.15) is 30.2 Å². The lowest BCUT2D eigenvalue weighted by Crippen LogP contribution is -2.59. The number of hydrogen-bond acceptors (Lipinski definition) is 13. The fourth-order valence-corrected chi connectivity index (χ4v) is 6.00. The van der Waals surface area contributed by atoms with Gasteiger partial charge in [-0.15, -0.1) is 0 Å². The van der Waals surface area contributed by atoms with Crippen molar-refractivity contribution in [3.05, 3.63) is 36.4 Å². The van der Waals surface area contributed by atoms with Crippen molar-refractivity contribution < 1.29 is 33.9 Å². The van der Waals surface area contributed by atoms with Crippen LogP contribution in [0.1, 0.15) is 75.6 Å². The number of aromatic amines is 2. The van der Waals surface area contributed by atoms with E-state index >= 15 is 0 Å². The van der Waals surface area contributed by atoms with Gasteiger partial charge in [0.25, 0.3) is 0 Å². The number of aromatic nitrogens is 4. The molecule has 0 saturated heterocycles. The van der Waals surface area contributed by atoms with Crippen molar-refractivity contribution in [3.63, 3.8) is 0 Å². The summed E-state index contributed by atoms with van der Waals surface area (Å²) in [5, 5.41) is 42.9. The Bertz CT molecular complexity index is 1680. The van der Waals surface area contributed by atoms with Gasteiger partial charge in [-0.25, -0.2) is 14.8 Å². The minimum absolute atomic E-state index is 0.000626. The number of nitrogens with one attached hydrogen (secondary N) is 11. The van der Waals surface area contributed by atoms with Gasteiger partial charge in [-0.2, -0.15) is 0 Å². The minimum atomic E-state index is -1.35. The molecule has 2 heterocycles. The van der Waals surface area contributed by atoms with Crippen LogP contribution in [0.25, 0.3) is 0 Å². The number of hydrogen-bond donors (Lipinski definition) is 17. The number of nitrogens with two attached hydrogens (primary N) is 5. The lowest BCUT2D eigenvalue weighted by Gasteiger charge is -2.27. The molecule has 340 valence electrons. The van der Waals surface area contributed by atoms with Crippen LogP contribution < -0.4 is 65.9 Å². The molecule has 61 heavy (non-hydrogen) atoms. The van der Waals surface area contributed by atoms with Crippen molar-refractivity contribution in [1.82, 2.24) is 57.2 Å². The van der Waals surface area contributed by atoms with E-state index in [1.165, 1.54) is 18.9 Å². The van der Waals surface area contributed by atoms with Gasteiger partial charge in [-0.3, -0.25) is 34.8 Å². The molecular weight excluding hydrogens is 797 g/mol. The number of guanidine groups is 2. The molecule has 0 radical (unpaired) electrons. The fraction of sp³-hybridized carbons (Fsp3) is 0.611. The molecule has 0 unspecified atom stereocenters. The number of carbonyl (C=O) groups excluding carboxylic acids is 5. The summed E-state index contributed by atoms with van der Waals surface area (Å²) < 4.78 is 0. The first-order chi connectivity index (χ1) is 29.1. The average molecular weight is 861 g/mol. The van der Waals surface area contributed by atoms with Crippen molar-refractivity contribution in [2.75, 3.05) is 26.2 Å². The SMILES string of the molecule is N=C(N)NCCC[C@H](NC(=O)[C@H](Cc1c[nH]cn1)NC(=O)[C@H](CCCCN)NC(=O)[C@H](CCCNC(=N)N)NC(=O)[C@H](Cc1c[nH]cn1)NC(=O)[C@@H](N)CCCCN)C(=O)O. The summed E-state index contributed by atoms with van der Waals surface area (Å²) in [7, 11) is 0. The molecule has 0 spiro atoms. The van der Waals surface area contributed by atoms with Crippen LogP contribution in [0.2, 0.25) is 0 Å². The summed E-state index contributed by atoms with van der Waals surface area (Å²) in [5.74, 6) is -5.64. The van der Waals surface area contributed by atoms with Gasteiger partial charge < -0.3 is 81.0 Å². The largest absolute Gasteiger partial charge is 0.480 e. The first-order valence-electron chi connectivity index (χ1n) is 20.2. The summed E-state index contributed by atoms with van der Waals surface area (Å²) in [6.45, 7) is 1.06. The van der Waals surface area contributed by atoms with E-state index in [1.54, 1.807) is 6.20 Å². The molecule has 2 rings (SSSR count). The maximum atomic E-state index is 14.1. The Kier molecular flexibility index (Phi) is 23.5. The Balaban J connectivity index is 2.36. The monoisotopic (exact) mass is 861 g/mol. The number of imidazole rings is 2. The number of carboxylic acids is 1. The Hall–Kier alpha value is -6.34. The molecular formula is C36H64N18O7. The summed E-state index contributed by atoms with van der Waals surface area (Å²) in [5.41, 5.74) is 28.9. The third-order valence-corrected chi connectivity index (χ3v) is 9.31. The molecule has 5 amide bonds. The van der Waals surface area contributed by atoms with Gasteiger partial charge in [0, 0.05) is 38.3 Å². The predicted octanol–water partition coefficient (Wildman–Crippen LogP) is -4.46. The number of aliphatic carboxylic acids is 1. The normalized spacial score (nSPS) is 13.9. The standard InChI is InChI=1S/C36H64N18O7/c37-11-3-1-7-23(39)29(55)53-27(15-21-17-44-19-48-21)32(58)51-25(9-5-13-46-35(40)41)30(56)50-24(8-2-4-12-38)31(57)54-28(16-22-18-45-20-49-22)33(59)52-26(34(60)61)10-6-14-47-36(42)43/h17-20,23-28H,1-16,37-39H2,(H,44,48)(H,45,49)(H,50,56)(H,51,58)(H,52,59)(H,53,55)(H,54,57)(H,60,61)(H4,40,41,46)(H4,42,43,47)/t23-,24-,25-,26-,27-,28-/m0/s1. The third kappa shape index (κ3) is 20.5. The van der Waals surface area contributed by atoms with Crippen LogP contribution in [-0.2, 0) is 41.6 Å². The van der Waals surface area contributed by atoms with E-state index in [2.05, 4.69) is 57.2 Å². The average Bonchev–Trinajstić information content (AvgIpc) is 3.94. The first kappa shape index (κ1) is 50.8. The van der Waals surface area contributed by atoms with E-state index in [0.29, 0.717) is 50.0 Å².